The van der Waals surface area contributed by atoms with E-state index < -0.39 is 5.97 Å². The number of hydrogen-bond donors (Lipinski definition) is 1. The van der Waals surface area contributed by atoms with E-state index in [4.69, 9.17) is 4.74 Å². The summed E-state index contributed by atoms with van der Waals surface area (Å²) in [5.74, 6) is -0.156. The fourth-order valence-corrected chi connectivity index (χ4v) is 4.23. The van der Waals surface area contributed by atoms with Crippen LogP contribution in [0.2, 0.25) is 0 Å². The highest BCUT2D eigenvalue weighted by Crippen LogP contribution is 2.23. The van der Waals surface area contributed by atoms with Crippen LogP contribution in [0, 0.1) is 6.92 Å². The average Bonchev–Trinajstić information content (AvgIpc) is 2.84. The van der Waals surface area contributed by atoms with Gasteiger partial charge in [0, 0.05) is 16.5 Å². The first-order valence-electron chi connectivity index (χ1n) is 12.9. The van der Waals surface area contributed by atoms with Gasteiger partial charge >= 0.3 is 5.97 Å². The first-order valence-corrected chi connectivity index (χ1v) is 13.7. The third-order valence-corrected chi connectivity index (χ3v) is 6.43. The minimum Gasteiger partial charge on any atom is -0.422 e. The monoisotopic (exact) mass is 542 g/mol. The van der Waals surface area contributed by atoms with Crippen molar-refractivity contribution in [3.63, 3.8) is 0 Å². The van der Waals surface area contributed by atoms with Gasteiger partial charge in [-0.25, -0.2) is 10.2 Å². The maximum atomic E-state index is 12.6. The maximum absolute atomic E-state index is 12.6. The Bertz CT molecular complexity index is 959. The summed E-state index contributed by atoms with van der Waals surface area (Å²) in [5.41, 5.74) is 4.54. The molecule has 0 aliphatic heterocycles. The number of aryl methyl sites for hydroxylation is 1. The van der Waals surface area contributed by atoms with Crippen LogP contribution in [0.5, 0.6) is 5.75 Å². The number of nitrogens with zero attached hydrogens (tertiary/aromatic N) is 1. The summed E-state index contributed by atoms with van der Waals surface area (Å²) in [6, 6.07) is 12.6. The molecule has 6 heteroatoms. The SMILES string of the molecule is CCCCCCCCCCCCCC(=O)N/N=C\c1cc(Br)ccc1OC(=O)c1ccccc1C. The molecule has 0 bridgehead atoms. The Hall–Kier alpha value is -2.47. The zero-order valence-corrected chi connectivity index (χ0v) is 22.7. The number of ether oxygens (including phenoxy) is 1. The van der Waals surface area contributed by atoms with Crippen LogP contribution in [-0.2, 0) is 4.79 Å². The third kappa shape index (κ3) is 11.7. The van der Waals surface area contributed by atoms with Gasteiger partial charge in [-0.15, -0.1) is 0 Å². The molecule has 0 atom stereocenters. The highest BCUT2D eigenvalue weighted by Gasteiger charge is 2.13. The second-order valence-electron chi connectivity index (χ2n) is 8.97. The molecule has 0 aromatic heterocycles. The number of halogens is 1. The summed E-state index contributed by atoms with van der Waals surface area (Å²) < 4.78 is 6.43. The smallest absolute Gasteiger partial charge is 0.343 e. The molecule has 0 aliphatic rings. The Labute approximate surface area is 218 Å². The van der Waals surface area contributed by atoms with Crippen LogP contribution < -0.4 is 10.2 Å². The van der Waals surface area contributed by atoms with Crippen molar-refractivity contribution in [2.45, 2.75) is 90.9 Å². The molecule has 2 aromatic rings. The summed E-state index contributed by atoms with van der Waals surface area (Å²) >= 11 is 3.43. The normalized spacial score (nSPS) is 11.1. The quantitative estimate of drug-likeness (QED) is 0.0764. The largest absolute Gasteiger partial charge is 0.422 e. The molecule has 2 aromatic carbocycles. The lowest BCUT2D eigenvalue weighted by atomic mass is 10.1. The minimum atomic E-state index is -0.430. The summed E-state index contributed by atoms with van der Waals surface area (Å²) in [6.45, 7) is 4.11. The molecule has 0 heterocycles. The Kier molecular flexibility index (Phi) is 14.0. The number of hydrogen-bond acceptors (Lipinski definition) is 4. The van der Waals surface area contributed by atoms with Crippen molar-refractivity contribution in [1.82, 2.24) is 5.43 Å². The Morgan fingerprint density at radius 1 is 0.914 bits per heavy atom. The predicted molar refractivity (Wildman–Crippen MR) is 147 cm³/mol. The van der Waals surface area contributed by atoms with Crippen molar-refractivity contribution in [3.8, 4) is 5.75 Å². The topological polar surface area (TPSA) is 67.8 Å². The molecular weight excluding hydrogens is 504 g/mol. The van der Waals surface area contributed by atoms with Gasteiger partial charge in [0.15, 0.2) is 0 Å². The molecule has 0 aliphatic carbocycles. The maximum Gasteiger partial charge on any atom is 0.343 e. The molecule has 0 radical (unpaired) electrons. The number of carbonyl (C=O) groups excluding carboxylic acids is 2. The van der Waals surface area contributed by atoms with Gasteiger partial charge in [-0.05, 0) is 43.2 Å². The van der Waals surface area contributed by atoms with Crippen molar-refractivity contribution in [2.24, 2.45) is 5.10 Å². The van der Waals surface area contributed by atoms with Crippen LogP contribution in [0.4, 0.5) is 0 Å². The van der Waals surface area contributed by atoms with E-state index in [0.29, 0.717) is 23.3 Å². The Morgan fingerprint density at radius 2 is 1.54 bits per heavy atom. The second-order valence-corrected chi connectivity index (χ2v) is 9.88. The number of benzene rings is 2. The van der Waals surface area contributed by atoms with Gasteiger partial charge in [0.05, 0.1) is 11.8 Å². The van der Waals surface area contributed by atoms with Crippen molar-refractivity contribution in [1.29, 1.82) is 0 Å². The molecule has 1 amide bonds. The second kappa shape index (κ2) is 17.0. The summed E-state index contributed by atoms with van der Waals surface area (Å²) in [5, 5.41) is 4.07. The number of amides is 1. The number of esters is 1. The molecular formula is C29H39BrN2O3. The fraction of sp³-hybridized carbons (Fsp3) is 0.483. The van der Waals surface area contributed by atoms with Gasteiger partial charge in [-0.2, -0.15) is 5.10 Å². The van der Waals surface area contributed by atoms with Crippen molar-refractivity contribution < 1.29 is 14.3 Å². The molecule has 35 heavy (non-hydrogen) atoms. The van der Waals surface area contributed by atoms with E-state index >= 15 is 0 Å². The van der Waals surface area contributed by atoms with E-state index in [1.54, 1.807) is 30.3 Å². The van der Waals surface area contributed by atoms with E-state index in [1.165, 1.54) is 64.0 Å². The van der Waals surface area contributed by atoms with Gasteiger partial charge in [0.2, 0.25) is 5.91 Å². The fourth-order valence-electron chi connectivity index (χ4n) is 3.85. The van der Waals surface area contributed by atoms with E-state index in [0.717, 1.165) is 22.9 Å². The van der Waals surface area contributed by atoms with Gasteiger partial charge in [0.25, 0.3) is 0 Å². The van der Waals surface area contributed by atoms with Crippen molar-refractivity contribution in [2.75, 3.05) is 0 Å². The zero-order valence-electron chi connectivity index (χ0n) is 21.2. The van der Waals surface area contributed by atoms with Gasteiger partial charge in [-0.3, -0.25) is 4.79 Å². The number of unbranched alkanes of at least 4 members (excludes halogenated alkanes) is 10. The highest BCUT2D eigenvalue weighted by atomic mass is 79.9. The van der Waals surface area contributed by atoms with E-state index in [1.807, 2.05) is 19.1 Å². The highest BCUT2D eigenvalue weighted by molar-refractivity contribution is 9.10. The number of nitrogens with one attached hydrogen (secondary N) is 1. The van der Waals surface area contributed by atoms with Crippen LogP contribution in [0.1, 0.15) is 105 Å². The molecule has 0 unspecified atom stereocenters. The molecule has 0 fully saturated rings. The lowest BCUT2D eigenvalue weighted by Gasteiger charge is -2.09. The van der Waals surface area contributed by atoms with Crippen LogP contribution in [0.3, 0.4) is 0 Å². The number of carbonyl (C=O) groups is 2. The average molecular weight is 544 g/mol. The molecule has 0 spiro atoms. The Morgan fingerprint density at radius 3 is 2.20 bits per heavy atom. The predicted octanol–water partition coefficient (Wildman–Crippen LogP) is 8.13. The molecule has 2 rings (SSSR count). The Balaban J connectivity index is 1.71. The number of hydrazone groups is 1. The first kappa shape index (κ1) is 28.8. The zero-order chi connectivity index (χ0) is 25.3. The van der Waals surface area contributed by atoms with Crippen LogP contribution in [-0.4, -0.2) is 18.1 Å². The van der Waals surface area contributed by atoms with E-state index in [2.05, 4.69) is 33.4 Å². The molecule has 1 N–H and O–H groups in total. The van der Waals surface area contributed by atoms with Gasteiger partial charge in [0.1, 0.15) is 5.75 Å². The van der Waals surface area contributed by atoms with Crippen LogP contribution in [0.25, 0.3) is 0 Å². The van der Waals surface area contributed by atoms with Gasteiger partial charge in [-0.1, -0.05) is 105 Å². The molecule has 0 saturated carbocycles. The van der Waals surface area contributed by atoms with E-state index in [-0.39, 0.29) is 5.91 Å². The van der Waals surface area contributed by atoms with E-state index in [9.17, 15) is 9.59 Å². The van der Waals surface area contributed by atoms with Crippen LogP contribution in [0.15, 0.2) is 52.0 Å². The summed E-state index contributed by atoms with van der Waals surface area (Å²) in [4.78, 5) is 24.7. The molecule has 190 valence electrons. The summed E-state index contributed by atoms with van der Waals surface area (Å²) in [6.07, 6.45) is 15.7. The summed E-state index contributed by atoms with van der Waals surface area (Å²) in [7, 11) is 0. The molecule has 5 nitrogen and oxygen atoms in total. The van der Waals surface area contributed by atoms with Gasteiger partial charge < -0.3 is 4.74 Å². The third-order valence-electron chi connectivity index (χ3n) is 5.94. The van der Waals surface area contributed by atoms with Crippen LogP contribution >= 0.6 is 15.9 Å². The number of rotatable bonds is 16. The standard InChI is InChI=1S/C29H39BrN2O3/c1-3-4-5-6-7-8-9-10-11-12-13-18-28(33)32-31-22-24-21-25(30)19-20-27(24)35-29(34)26-17-15-14-16-23(26)2/h14-17,19-22H,3-13,18H2,1-2H3,(H,32,33)/b31-22-. The lowest BCUT2D eigenvalue weighted by Crippen LogP contribution is -2.17. The van der Waals surface area contributed by atoms with Crippen molar-refractivity contribution >= 4 is 34.0 Å². The lowest BCUT2D eigenvalue weighted by molar-refractivity contribution is -0.121. The molecule has 0 saturated heterocycles. The van der Waals surface area contributed by atoms with Crippen molar-refractivity contribution in [3.05, 3.63) is 63.6 Å². The minimum absolute atomic E-state index is 0.106. The first-order chi connectivity index (χ1) is 17.0.